The second kappa shape index (κ2) is 5.25. The molecule has 1 N–H and O–H groups in total. The topological polar surface area (TPSA) is 24.5 Å². The number of ether oxygens (including phenoxy) is 1. The van der Waals surface area contributed by atoms with Crippen molar-refractivity contribution < 1.29 is 4.74 Å². The van der Waals surface area contributed by atoms with Crippen LogP contribution < -0.4 is 15.0 Å². The van der Waals surface area contributed by atoms with E-state index >= 15 is 0 Å². The van der Waals surface area contributed by atoms with Gasteiger partial charge >= 0.3 is 0 Å². The molecule has 0 atom stereocenters. The van der Waals surface area contributed by atoms with Gasteiger partial charge in [-0.3, -0.25) is 0 Å². The van der Waals surface area contributed by atoms with Crippen LogP contribution in [0.25, 0.3) is 0 Å². The lowest BCUT2D eigenvalue weighted by Crippen LogP contribution is -2.43. The van der Waals surface area contributed by atoms with Crippen molar-refractivity contribution in [1.82, 2.24) is 5.32 Å². The summed E-state index contributed by atoms with van der Waals surface area (Å²) in [6, 6.07) is 3.87. The maximum Gasteiger partial charge on any atom is 0.139 e. The van der Waals surface area contributed by atoms with Gasteiger partial charge in [0.25, 0.3) is 0 Å². The number of nitrogens with zero attached hydrogens (tertiary/aromatic N) is 1. The van der Waals surface area contributed by atoms with Crippen molar-refractivity contribution in [2.45, 2.75) is 0 Å². The van der Waals surface area contributed by atoms with E-state index in [9.17, 15) is 0 Å². The number of benzene rings is 1. The van der Waals surface area contributed by atoms with Gasteiger partial charge in [0.15, 0.2) is 0 Å². The Hall–Kier alpha value is -0.450. The Morgan fingerprint density at radius 1 is 1.38 bits per heavy atom. The molecule has 1 heterocycles. The first-order valence-corrected chi connectivity index (χ1v) is 6.38. The Morgan fingerprint density at radius 3 is 2.69 bits per heavy atom. The second-order valence-electron chi connectivity index (χ2n) is 3.68. The van der Waals surface area contributed by atoms with Crippen molar-refractivity contribution in [3.63, 3.8) is 0 Å². The molecule has 0 saturated carbocycles. The summed E-state index contributed by atoms with van der Waals surface area (Å²) in [5.74, 6) is 0.721. The molecule has 0 aromatic heterocycles. The molecule has 5 heteroatoms. The van der Waals surface area contributed by atoms with E-state index in [-0.39, 0.29) is 0 Å². The fourth-order valence-electron chi connectivity index (χ4n) is 1.82. The van der Waals surface area contributed by atoms with E-state index in [0.717, 1.165) is 42.1 Å². The third-order valence-electron chi connectivity index (χ3n) is 2.68. The van der Waals surface area contributed by atoms with Crippen molar-refractivity contribution in [3.8, 4) is 5.75 Å². The lowest BCUT2D eigenvalue weighted by molar-refractivity contribution is 0.415. The number of hydrogen-bond acceptors (Lipinski definition) is 3. The van der Waals surface area contributed by atoms with Crippen molar-refractivity contribution in [3.05, 3.63) is 21.6 Å². The van der Waals surface area contributed by atoms with E-state index in [2.05, 4.69) is 26.1 Å². The molecule has 0 spiro atoms. The van der Waals surface area contributed by atoms with E-state index in [1.807, 2.05) is 12.1 Å². The number of halogens is 2. The molecule has 0 unspecified atom stereocenters. The zero-order chi connectivity index (χ0) is 11.5. The highest BCUT2D eigenvalue weighted by molar-refractivity contribution is 9.10. The number of methoxy groups -OCH3 is 1. The SMILES string of the molecule is COc1cc(N2CCNCC2)c(Br)cc1Cl. The normalized spacial score (nSPS) is 16.3. The van der Waals surface area contributed by atoms with Gasteiger partial charge in [-0.2, -0.15) is 0 Å². The highest BCUT2D eigenvalue weighted by atomic mass is 79.9. The van der Waals surface area contributed by atoms with Crippen LogP contribution in [0.3, 0.4) is 0 Å². The van der Waals surface area contributed by atoms with E-state index in [0.29, 0.717) is 5.02 Å². The fraction of sp³-hybridized carbons (Fsp3) is 0.455. The molecule has 1 aliphatic rings. The van der Waals surface area contributed by atoms with E-state index in [1.165, 1.54) is 0 Å². The van der Waals surface area contributed by atoms with Crippen LogP contribution in [-0.4, -0.2) is 33.3 Å². The van der Waals surface area contributed by atoms with Crippen LogP contribution in [0.1, 0.15) is 0 Å². The fourth-order valence-corrected chi connectivity index (χ4v) is 2.79. The smallest absolute Gasteiger partial charge is 0.139 e. The molecule has 0 amide bonds. The van der Waals surface area contributed by atoms with Gasteiger partial charge in [-0.25, -0.2) is 0 Å². The van der Waals surface area contributed by atoms with Crippen molar-refractivity contribution in [2.75, 3.05) is 38.2 Å². The molecule has 1 fully saturated rings. The average molecular weight is 306 g/mol. The highest BCUT2D eigenvalue weighted by Crippen LogP contribution is 2.36. The molecule has 88 valence electrons. The summed E-state index contributed by atoms with van der Waals surface area (Å²) in [5.41, 5.74) is 1.14. The first-order chi connectivity index (χ1) is 7.72. The van der Waals surface area contributed by atoms with Gasteiger partial charge in [-0.15, -0.1) is 0 Å². The molecule has 1 aromatic rings. The average Bonchev–Trinajstić information content (AvgIpc) is 2.30. The summed E-state index contributed by atoms with van der Waals surface area (Å²) in [6.07, 6.45) is 0. The molecule has 3 nitrogen and oxygen atoms in total. The number of rotatable bonds is 2. The van der Waals surface area contributed by atoms with Crippen LogP contribution in [0.4, 0.5) is 5.69 Å². The van der Waals surface area contributed by atoms with Gasteiger partial charge in [0.05, 0.1) is 17.8 Å². The summed E-state index contributed by atoms with van der Waals surface area (Å²) in [7, 11) is 1.64. The molecule has 0 bridgehead atoms. The lowest BCUT2D eigenvalue weighted by Gasteiger charge is -2.30. The van der Waals surface area contributed by atoms with Crippen LogP contribution in [0.2, 0.25) is 5.02 Å². The van der Waals surface area contributed by atoms with Gasteiger partial charge in [0, 0.05) is 36.7 Å². The minimum Gasteiger partial charge on any atom is -0.495 e. The van der Waals surface area contributed by atoms with Crippen molar-refractivity contribution >= 4 is 33.2 Å². The van der Waals surface area contributed by atoms with Gasteiger partial charge in [0.2, 0.25) is 0 Å². The third-order valence-corrected chi connectivity index (χ3v) is 3.61. The number of piperazine rings is 1. The Balaban J connectivity index is 2.31. The summed E-state index contributed by atoms with van der Waals surface area (Å²) in [4.78, 5) is 2.32. The third kappa shape index (κ3) is 2.44. The molecule has 1 aromatic carbocycles. The first kappa shape index (κ1) is 12.0. The Kier molecular flexibility index (Phi) is 3.95. The van der Waals surface area contributed by atoms with Crippen molar-refractivity contribution in [2.24, 2.45) is 0 Å². The van der Waals surface area contributed by atoms with Gasteiger partial charge in [-0.05, 0) is 22.0 Å². The van der Waals surface area contributed by atoms with Crippen LogP contribution in [0.15, 0.2) is 16.6 Å². The van der Waals surface area contributed by atoms with Gasteiger partial charge in [-0.1, -0.05) is 11.6 Å². The van der Waals surface area contributed by atoms with E-state index in [4.69, 9.17) is 16.3 Å². The quantitative estimate of drug-likeness (QED) is 0.909. The maximum absolute atomic E-state index is 6.05. The standard InChI is InChI=1S/C11H14BrClN2O/c1-16-11-7-10(8(12)6-9(11)13)15-4-2-14-3-5-15/h6-7,14H,2-5H2,1H3. The van der Waals surface area contributed by atoms with Crippen LogP contribution >= 0.6 is 27.5 Å². The van der Waals surface area contributed by atoms with E-state index < -0.39 is 0 Å². The summed E-state index contributed by atoms with van der Waals surface area (Å²) < 4.78 is 6.25. The molecule has 0 radical (unpaired) electrons. The predicted octanol–water partition coefficient (Wildman–Crippen LogP) is 2.52. The summed E-state index contributed by atoms with van der Waals surface area (Å²) in [5, 5.41) is 3.96. The number of nitrogens with one attached hydrogen (secondary N) is 1. The highest BCUT2D eigenvalue weighted by Gasteiger charge is 2.15. The largest absolute Gasteiger partial charge is 0.495 e. The Labute approximate surface area is 109 Å². The lowest BCUT2D eigenvalue weighted by atomic mass is 10.2. The van der Waals surface area contributed by atoms with Crippen LogP contribution in [0.5, 0.6) is 5.75 Å². The first-order valence-electron chi connectivity index (χ1n) is 5.21. The zero-order valence-corrected chi connectivity index (χ0v) is 11.4. The summed E-state index contributed by atoms with van der Waals surface area (Å²) in [6.45, 7) is 4.03. The Morgan fingerprint density at radius 2 is 2.06 bits per heavy atom. The second-order valence-corrected chi connectivity index (χ2v) is 4.94. The molecule has 2 rings (SSSR count). The minimum absolute atomic E-state index is 0.633. The Bertz CT molecular complexity index is 380. The molecule has 0 aliphatic carbocycles. The number of anilines is 1. The van der Waals surface area contributed by atoms with Crippen molar-refractivity contribution in [1.29, 1.82) is 0 Å². The van der Waals surface area contributed by atoms with Gasteiger partial charge in [0.1, 0.15) is 5.75 Å². The van der Waals surface area contributed by atoms with E-state index in [1.54, 1.807) is 7.11 Å². The predicted molar refractivity (Wildman–Crippen MR) is 70.8 cm³/mol. The molecule has 1 aliphatic heterocycles. The molecule has 16 heavy (non-hydrogen) atoms. The molecular formula is C11H14BrClN2O. The van der Waals surface area contributed by atoms with Crippen LogP contribution in [0, 0.1) is 0 Å². The molecular weight excluding hydrogens is 291 g/mol. The number of hydrogen-bond donors (Lipinski definition) is 1. The zero-order valence-electron chi connectivity index (χ0n) is 9.09. The summed E-state index contributed by atoms with van der Waals surface area (Å²) >= 11 is 9.60. The maximum atomic E-state index is 6.05. The van der Waals surface area contributed by atoms with Crippen LogP contribution in [-0.2, 0) is 0 Å². The minimum atomic E-state index is 0.633. The molecule has 1 saturated heterocycles. The van der Waals surface area contributed by atoms with Gasteiger partial charge < -0.3 is 15.0 Å². The monoisotopic (exact) mass is 304 g/mol.